The van der Waals surface area contributed by atoms with Crippen molar-refractivity contribution in [3.8, 4) is 0 Å². The maximum Gasteiger partial charge on any atom is 0.234 e. The average molecular weight is 567 g/mol. The number of rotatable bonds is 9. The Balaban J connectivity index is 1.49. The quantitative estimate of drug-likeness (QED) is 0.342. The van der Waals surface area contributed by atoms with Crippen LogP contribution in [0.15, 0.2) is 78.9 Å². The van der Waals surface area contributed by atoms with Crippen molar-refractivity contribution in [1.29, 1.82) is 0 Å². The second-order valence-electron chi connectivity index (χ2n) is 11.8. The molecule has 2 fully saturated rings. The lowest BCUT2D eigenvalue weighted by Gasteiger charge is -2.43. The summed E-state index contributed by atoms with van der Waals surface area (Å²) in [7, 11) is 0. The van der Waals surface area contributed by atoms with Crippen molar-refractivity contribution in [1.82, 2.24) is 20.9 Å². The largest absolute Gasteiger partial charge is 0.351 e. The predicted octanol–water partition coefficient (Wildman–Crippen LogP) is 3.77. The van der Waals surface area contributed by atoms with Gasteiger partial charge >= 0.3 is 0 Å². The Morgan fingerprint density at radius 3 is 1.98 bits per heavy atom. The predicted molar refractivity (Wildman–Crippen MR) is 166 cm³/mol. The molecule has 2 aliphatic heterocycles. The van der Waals surface area contributed by atoms with Gasteiger partial charge in [0.1, 0.15) is 0 Å². The highest BCUT2D eigenvalue weighted by molar-refractivity contribution is 6.02. The van der Waals surface area contributed by atoms with E-state index in [-0.39, 0.29) is 42.0 Å². The summed E-state index contributed by atoms with van der Waals surface area (Å²) in [5, 5.41) is 9.98. The Morgan fingerprint density at radius 2 is 1.43 bits per heavy atom. The van der Waals surface area contributed by atoms with Crippen molar-refractivity contribution in [3.63, 3.8) is 0 Å². The van der Waals surface area contributed by atoms with Gasteiger partial charge in [-0.1, -0.05) is 78.9 Å². The van der Waals surface area contributed by atoms with Gasteiger partial charge in [-0.15, -0.1) is 0 Å². The minimum atomic E-state index is -0.492. The van der Waals surface area contributed by atoms with Crippen LogP contribution in [0.1, 0.15) is 50.2 Å². The molecule has 0 aliphatic carbocycles. The molecule has 0 aromatic heterocycles. The minimum Gasteiger partial charge on any atom is -0.351 e. The zero-order chi connectivity index (χ0) is 29.6. The summed E-state index contributed by atoms with van der Waals surface area (Å²) in [6.45, 7) is 9.66. The first-order chi connectivity index (χ1) is 20.3. The van der Waals surface area contributed by atoms with Crippen molar-refractivity contribution in [3.05, 3.63) is 107 Å². The van der Waals surface area contributed by atoms with E-state index in [1.54, 1.807) is 0 Å². The lowest BCUT2D eigenvalue weighted by molar-refractivity contribution is -0.123. The second-order valence-corrected chi connectivity index (χ2v) is 11.8. The zero-order valence-electron chi connectivity index (χ0n) is 24.8. The van der Waals surface area contributed by atoms with Crippen LogP contribution in [0.3, 0.4) is 0 Å². The smallest absolute Gasteiger partial charge is 0.234 e. The van der Waals surface area contributed by atoms with Crippen molar-refractivity contribution >= 4 is 17.5 Å². The van der Waals surface area contributed by atoms with Gasteiger partial charge in [0.2, 0.25) is 5.91 Å². The SMILES string of the molecule is Cc1cccc(C2C(C(=O)c3ccccc3)CN(CC(=O)NC(C)C3CNCCN3)CC2C(=O)c2ccccc2)c1C. The molecule has 220 valence electrons. The minimum absolute atomic E-state index is 0.00308. The number of carbonyl (C=O) groups is 3. The third-order valence-electron chi connectivity index (χ3n) is 9.00. The van der Waals surface area contributed by atoms with Crippen LogP contribution in [-0.2, 0) is 4.79 Å². The number of nitrogens with zero attached hydrogens (tertiary/aromatic N) is 1. The van der Waals surface area contributed by atoms with Gasteiger partial charge in [-0.2, -0.15) is 0 Å². The number of hydrogen-bond acceptors (Lipinski definition) is 6. The molecule has 1 amide bonds. The summed E-state index contributed by atoms with van der Waals surface area (Å²) in [6.07, 6.45) is 0. The highest BCUT2D eigenvalue weighted by Crippen LogP contribution is 2.42. The number of nitrogens with one attached hydrogen (secondary N) is 3. The number of ketones is 2. The summed E-state index contributed by atoms with van der Waals surface area (Å²) in [5.41, 5.74) is 4.52. The first kappa shape index (κ1) is 29.8. The average Bonchev–Trinajstić information content (AvgIpc) is 3.02. The van der Waals surface area contributed by atoms with Crippen LogP contribution in [0.25, 0.3) is 0 Å². The number of hydrogen-bond donors (Lipinski definition) is 3. The van der Waals surface area contributed by atoms with Crippen molar-refractivity contribution in [2.75, 3.05) is 39.3 Å². The number of carbonyl (C=O) groups excluding carboxylic acids is 3. The number of aryl methyl sites for hydroxylation is 1. The van der Waals surface area contributed by atoms with Crippen LogP contribution < -0.4 is 16.0 Å². The maximum atomic E-state index is 14.2. The van der Waals surface area contributed by atoms with Crippen molar-refractivity contribution < 1.29 is 14.4 Å². The third kappa shape index (κ3) is 6.70. The van der Waals surface area contributed by atoms with E-state index in [0.29, 0.717) is 24.2 Å². The molecule has 4 unspecified atom stereocenters. The topological polar surface area (TPSA) is 90.5 Å². The highest BCUT2D eigenvalue weighted by atomic mass is 16.2. The van der Waals surface area contributed by atoms with E-state index in [0.717, 1.165) is 36.3 Å². The molecule has 0 radical (unpaired) electrons. The molecule has 4 atom stereocenters. The molecule has 2 heterocycles. The molecule has 0 spiro atoms. The molecule has 3 N–H and O–H groups in total. The maximum absolute atomic E-state index is 14.2. The van der Waals surface area contributed by atoms with Crippen LogP contribution >= 0.6 is 0 Å². The molecule has 3 aromatic carbocycles. The van der Waals surface area contributed by atoms with Gasteiger partial charge < -0.3 is 16.0 Å². The van der Waals surface area contributed by atoms with Crippen LogP contribution in [0.2, 0.25) is 0 Å². The molecule has 3 aromatic rings. The van der Waals surface area contributed by atoms with E-state index in [9.17, 15) is 14.4 Å². The first-order valence-corrected chi connectivity index (χ1v) is 15.0. The van der Waals surface area contributed by atoms with E-state index in [4.69, 9.17) is 0 Å². The van der Waals surface area contributed by atoms with E-state index in [2.05, 4.69) is 41.9 Å². The molecule has 2 aliphatic rings. The normalized spacial score (nSPS) is 23.6. The molecule has 0 bridgehead atoms. The molecular weight excluding hydrogens is 524 g/mol. The monoisotopic (exact) mass is 566 g/mol. The summed E-state index contributed by atoms with van der Waals surface area (Å²) in [5.74, 6) is -1.40. The number of amides is 1. The number of piperidine rings is 1. The van der Waals surface area contributed by atoms with Crippen molar-refractivity contribution in [2.24, 2.45) is 11.8 Å². The summed E-state index contributed by atoms with van der Waals surface area (Å²) < 4.78 is 0. The molecule has 42 heavy (non-hydrogen) atoms. The van der Waals surface area contributed by atoms with Gasteiger partial charge in [0.05, 0.1) is 6.54 Å². The van der Waals surface area contributed by atoms with E-state index in [1.165, 1.54) is 0 Å². The van der Waals surface area contributed by atoms with Crippen LogP contribution in [-0.4, -0.2) is 73.7 Å². The number of Topliss-reactive ketones (excluding diaryl/α,β-unsaturated/α-hetero) is 2. The molecule has 7 nitrogen and oxygen atoms in total. The van der Waals surface area contributed by atoms with Gasteiger partial charge in [-0.05, 0) is 37.5 Å². The Bertz CT molecular complexity index is 1330. The van der Waals surface area contributed by atoms with Crippen LogP contribution in [0, 0.1) is 25.7 Å². The standard InChI is InChI=1S/C35H42N4O3/c1-23-11-10-16-28(24(23)2)33-29(34(41)26-12-6-4-7-13-26)20-39(21-30(33)35(42)27-14-8-5-9-15-27)22-32(40)38-25(3)31-19-36-17-18-37-31/h4-16,25,29-31,33,36-37H,17-22H2,1-3H3,(H,38,40). The Morgan fingerprint density at radius 1 is 0.833 bits per heavy atom. The first-order valence-electron chi connectivity index (χ1n) is 15.0. The summed E-state index contributed by atoms with van der Waals surface area (Å²) in [6, 6.07) is 24.9. The third-order valence-corrected chi connectivity index (χ3v) is 9.00. The summed E-state index contributed by atoms with van der Waals surface area (Å²) >= 11 is 0. The van der Waals surface area contributed by atoms with Gasteiger partial charge in [0.15, 0.2) is 11.6 Å². The molecule has 2 saturated heterocycles. The van der Waals surface area contributed by atoms with Gasteiger partial charge in [0.25, 0.3) is 0 Å². The lowest BCUT2D eigenvalue weighted by atomic mass is 9.67. The molecule has 0 saturated carbocycles. The van der Waals surface area contributed by atoms with Gasteiger partial charge in [-0.25, -0.2) is 0 Å². The number of likely N-dealkylation sites (tertiary alicyclic amines) is 1. The highest BCUT2D eigenvalue weighted by Gasteiger charge is 2.45. The zero-order valence-corrected chi connectivity index (χ0v) is 24.8. The van der Waals surface area contributed by atoms with Crippen LogP contribution in [0.4, 0.5) is 0 Å². The van der Waals surface area contributed by atoms with Gasteiger partial charge in [-0.3, -0.25) is 19.3 Å². The Kier molecular flexibility index (Phi) is 9.62. The summed E-state index contributed by atoms with van der Waals surface area (Å²) in [4.78, 5) is 43.8. The molecule has 7 heteroatoms. The van der Waals surface area contributed by atoms with Crippen molar-refractivity contribution in [2.45, 2.75) is 38.8 Å². The molecular formula is C35H42N4O3. The number of benzene rings is 3. The number of piperazine rings is 1. The van der Waals surface area contributed by atoms with E-state index >= 15 is 0 Å². The van der Waals surface area contributed by atoms with Gasteiger partial charge in [0, 0.05) is 73.7 Å². The van der Waals surface area contributed by atoms with E-state index < -0.39 is 11.8 Å². The fourth-order valence-corrected chi connectivity index (χ4v) is 6.59. The lowest BCUT2D eigenvalue weighted by Crippen LogP contribution is -2.59. The van der Waals surface area contributed by atoms with Crippen LogP contribution in [0.5, 0.6) is 0 Å². The Hall–Kier alpha value is -3.65. The second kappa shape index (κ2) is 13.6. The molecule has 5 rings (SSSR count). The van der Waals surface area contributed by atoms with E-state index in [1.807, 2.05) is 78.6 Å². The Labute approximate surface area is 249 Å². The fourth-order valence-electron chi connectivity index (χ4n) is 6.59. The fraction of sp³-hybridized carbons (Fsp3) is 0.400.